The molecule has 15 nitrogen and oxygen atoms in total. The Balaban J connectivity index is 1.14. The highest BCUT2D eigenvalue weighted by Gasteiger charge is 2.62. The van der Waals surface area contributed by atoms with Crippen LogP contribution in [0.15, 0.2) is 59.3 Å². The van der Waals surface area contributed by atoms with Gasteiger partial charge in [0.2, 0.25) is 0 Å². The Morgan fingerprint density at radius 1 is 0.846 bits per heavy atom. The van der Waals surface area contributed by atoms with E-state index in [9.17, 15) is 14.7 Å². The number of ether oxygens (including phenoxy) is 11. The average Bonchev–Trinajstić information content (AvgIpc) is 3.89. The monoisotopic (exact) mass is 1110 g/mol. The summed E-state index contributed by atoms with van der Waals surface area (Å²) in [5.74, 6) is -2.70. The van der Waals surface area contributed by atoms with E-state index in [2.05, 4.69) is 93.6 Å². The number of rotatable bonds is 17. The van der Waals surface area contributed by atoms with Crippen LogP contribution in [-0.2, 0) is 66.1 Å². The standard InChI is InChI=1S/C62H100O15Si/c1-17-19-20-21-22-26-50(63)72-56-42(8)69-52(33-48(56)66-13)74-57-43(9)70-51(34-49(57)67-14)73-53-38(4)24-23-25-44-36-68-58-55(77-78(15,16)60(10,11)12)41(7)31-47(62(44,58)65)59(64)71-46-32-45(28-27-39(53)5)75-61(35-46)30-29-40(6)54(76-61)37(3)18-2/h23-25,27,29-31,37-38,40,42-43,45-49,51-58,65H,17-22,26,28,32-36H2,1-16H3/b24-23+,39-27+,44-25+/t37-,38-,40-,42-,43-,45+,46-,47-,48+,49+,51-,52-,53-,54+,55+,56-,57-,58+,61+,62+/m0/s1. The van der Waals surface area contributed by atoms with E-state index in [0.29, 0.717) is 44.1 Å². The van der Waals surface area contributed by atoms with Gasteiger partial charge in [-0.25, -0.2) is 0 Å². The molecule has 442 valence electrons. The molecule has 0 aromatic rings. The normalized spacial score (nSPS) is 41.9. The molecule has 16 heteroatoms. The lowest BCUT2D eigenvalue weighted by Crippen LogP contribution is -2.60. The van der Waals surface area contributed by atoms with Crippen molar-refractivity contribution in [1.29, 1.82) is 0 Å². The summed E-state index contributed by atoms with van der Waals surface area (Å²) in [5, 5.41) is 13.2. The molecule has 20 atom stereocenters. The molecule has 0 saturated carbocycles. The molecule has 1 aliphatic carbocycles. The van der Waals surface area contributed by atoms with Crippen molar-refractivity contribution in [3.8, 4) is 0 Å². The summed E-state index contributed by atoms with van der Waals surface area (Å²) < 4.78 is 79.1. The third-order valence-corrected chi connectivity index (χ3v) is 22.9. The number of methoxy groups -OCH3 is 2. The molecular weight excluding hydrogens is 1010 g/mol. The van der Waals surface area contributed by atoms with Crippen molar-refractivity contribution >= 4 is 20.3 Å². The van der Waals surface area contributed by atoms with Gasteiger partial charge >= 0.3 is 11.9 Å². The van der Waals surface area contributed by atoms with Crippen molar-refractivity contribution < 1.29 is 71.2 Å². The Morgan fingerprint density at radius 2 is 1.51 bits per heavy atom. The van der Waals surface area contributed by atoms with E-state index in [4.69, 9.17) is 56.5 Å². The van der Waals surface area contributed by atoms with Crippen LogP contribution in [0.5, 0.6) is 0 Å². The second-order valence-corrected chi connectivity index (χ2v) is 30.2. The van der Waals surface area contributed by atoms with E-state index in [1.54, 1.807) is 14.2 Å². The van der Waals surface area contributed by atoms with E-state index in [1.807, 2.05) is 45.1 Å². The van der Waals surface area contributed by atoms with Crippen LogP contribution in [0, 0.1) is 23.7 Å². The van der Waals surface area contributed by atoms with Crippen molar-refractivity contribution in [2.24, 2.45) is 23.7 Å². The fourth-order valence-electron chi connectivity index (χ4n) is 12.4. The number of fused-ring (bicyclic) bond motifs is 2. The van der Waals surface area contributed by atoms with Crippen molar-refractivity contribution in [1.82, 2.24) is 0 Å². The van der Waals surface area contributed by atoms with Gasteiger partial charge in [-0.2, -0.15) is 0 Å². The van der Waals surface area contributed by atoms with Gasteiger partial charge in [0.05, 0.1) is 49.3 Å². The van der Waals surface area contributed by atoms with Gasteiger partial charge in [0.15, 0.2) is 32.8 Å². The molecule has 6 aliphatic heterocycles. The van der Waals surface area contributed by atoms with Crippen LogP contribution in [0.4, 0.5) is 0 Å². The van der Waals surface area contributed by atoms with Crippen LogP contribution < -0.4 is 0 Å². The summed E-state index contributed by atoms with van der Waals surface area (Å²) in [7, 11) is 0.907. The zero-order chi connectivity index (χ0) is 56.9. The molecule has 0 aromatic carbocycles. The Labute approximate surface area is 468 Å². The molecule has 0 amide bonds. The number of allylic oxidation sites excluding steroid dienone is 2. The van der Waals surface area contributed by atoms with Gasteiger partial charge in [0.1, 0.15) is 35.9 Å². The Kier molecular flexibility index (Phi) is 21.6. The minimum atomic E-state index is -2.39. The van der Waals surface area contributed by atoms with Gasteiger partial charge in [0.25, 0.3) is 0 Å². The number of carbonyl (C=O) groups is 2. The maximum atomic E-state index is 14.9. The zero-order valence-electron chi connectivity index (χ0n) is 50.3. The van der Waals surface area contributed by atoms with Crippen molar-refractivity contribution in [3.63, 3.8) is 0 Å². The first-order chi connectivity index (χ1) is 36.9. The van der Waals surface area contributed by atoms with Crippen molar-refractivity contribution in [2.45, 2.75) is 275 Å². The highest BCUT2D eigenvalue weighted by molar-refractivity contribution is 6.74. The minimum absolute atomic E-state index is 0.0968. The van der Waals surface area contributed by atoms with Crippen LogP contribution in [0.2, 0.25) is 18.1 Å². The Hall–Kier alpha value is -2.58. The van der Waals surface area contributed by atoms with Gasteiger partial charge in [0, 0.05) is 58.2 Å². The summed E-state index contributed by atoms with van der Waals surface area (Å²) in [6.07, 6.45) is 15.6. The molecule has 7 aliphatic rings. The number of unbranched alkanes of at least 4 members (excludes halogenated alkanes) is 4. The lowest BCUT2D eigenvalue weighted by molar-refractivity contribution is -0.319. The first kappa shape index (κ1) is 63.0. The lowest BCUT2D eigenvalue weighted by Gasteiger charge is -2.49. The first-order valence-corrected chi connectivity index (χ1v) is 32.6. The summed E-state index contributed by atoms with van der Waals surface area (Å²) in [5.41, 5.74) is 0.626. The summed E-state index contributed by atoms with van der Waals surface area (Å²) in [6, 6.07) is 0. The van der Waals surface area contributed by atoms with Gasteiger partial charge in [-0.15, -0.1) is 0 Å². The van der Waals surface area contributed by atoms with E-state index in [1.165, 1.54) is 0 Å². The SMILES string of the molecule is CCCCCCCC(=O)O[C@H]1[C@H](C)O[C@@H](O[C@H]2[C@H](C)O[C@@H](O[C@@H]3/C(C)=C/C[C@@H]4C[C@@H](C[C@]5(C=C[C@H](C)[C@@H]([C@@H](C)CC)O5)O4)OC(=O)[C@@H]4C=C(C)[C@@H](O[Si](C)(C)C(C)(C)C)[C@H]5OC/C(=C\C=C\[C@@H]3C)[C@]54O)C[C@H]2OC)C[C@H]1OC. The van der Waals surface area contributed by atoms with Gasteiger partial charge in [-0.3, -0.25) is 9.59 Å². The van der Waals surface area contributed by atoms with Crippen LogP contribution in [0.1, 0.15) is 160 Å². The molecule has 0 aromatic heterocycles. The molecule has 78 heavy (non-hydrogen) atoms. The minimum Gasteiger partial charge on any atom is -0.462 e. The number of hydrogen-bond acceptors (Lipinski definition) is 15. The fraction of sp³-hybridized carbons (Fsp3) is 0.806. The third kappa shape index (κ3) is 14.4. The quantitative estimate of drug-likeness (QED) is 0.0632. The number of carbonyl (C=O) groups excluding carboxylic acids is 2. The predicted octanol–water partition coefficient (Wildman–Crippen LogP) is 11.3. The first-order valence-electron chi connectivity index (χ1n) is 29.7. The molecule has 1 spiro atoms. The molecule has 0 unspecified atom stereocenters. The molecule has 4 saturated heterocycles. The second-order valence-electron chi connectivity index (χ2n) is 25.4. The average molecular weight is 1110 g/mol. The summed E-state index contributed by atoms with van der Waals surface area (Å²) in [6.45, 7) is 29.8. The zero-order valence-corrected chi connectivity index (χ0v) is 51.3. The number of aliphatic hydroxyl groups is 1. The Bertz CT molecular complexity index is 2170. The molecule has 4 fully saturated rings. The molecule has 0 radical (unpaired) electrons. The van der Waals surface area contributed by atoms with E-state index in [0.717, 1.165) is 49.7 Å². The van der Waals surface area contributed by atoms with Crippen molar-refractivity contribution in [2.75, 3.05) is 20.8 Å². The summed E-state index contributed by atoms with van der Waals surface area (Å²) in [4.78, 5) is 27.8. The molecular formula is C62H100O15Si. The third-order valence-electron chi connectivity index (χ3n) is 18.4. The van der Waals surface area contributed by atoms with Crippen LogP contribution in [-0.4, -0.2) is 143 Å². The fourth-order valence-corrected chi connectivity index (χ4v) is 13.7. The lowest BCUT2D eigenvalue weighted by atomic mass is 9.71. The second kappa shape index (κ2) is 26.8. The molecule has 1 N–H and O–H groups in total. The topological polar surface area (TPSA) is 165 Å². The van der Waals surface area contributed by atoms with Crippen molar-refractivity contribution in [3.05, 3.63) is 59.3 Å². The van der Waals surface area contributed by atoms with Gasteiger partial charge in [-0.1, -0.05) is 124 Å². The predicted molar refractivity (Wildman–Crippen MR) is 301 cm³/mol. The maximum Gasteiger partial charge on any atom is 0.316 e. The van der Waals surface area contributed by atoms with E-state index in [-0.39, 0.29) is 47.6 Å². The summed E-state index contributed by atoms with van der Waals surface area (Å²) >= 11 is 0. The molecule has 7 rings (SSSR count). The van der Waals surface area contributed by atoms with Crippen LogP contribution in [0.3, 0.4) is 0 Å². The highest BCUT2D eigenvalue weighted by atomic mass is 28.4. The Morgan fingerprint density at radius 3 is 2.18 bits per heavy atom. The number of esters is 2. The molecule has 6 heterocycles. The van der Waals surface area contributed by atoms with Gasteiger partial charge < -0.3 is 61.6 Å². The molecule has 2 bridgehead atoms. The van der Waals surface area contributed by atoms with E-state index >= 15 is 0 Å². The number of hydrogen-bond donors (Lipinski definition) is 1. The van der Waals surface area contributed by atoms with E-state index < -0.39 is 105 Å². The largest absolute Gasteiger partial charge is 0.462 e. The van der Waals surface area contributed by atoms with Crippen LogP contribution in [0.25, 0.3) is 0 Å². The van der Waals surface area contributed by atoms with Crippen LogP contribution >= 0.6 is 0 Å². The maximum absolute atomic E-state index is 14.9. The smallest absolute Gasteiger partial charge is 0.316 e. The highest BCUT2D eigenvalue weighted by Crippen LogP contribution is 2.50. The van der Waals surface area contributed by atoms with Gasteiger partial charge in [-0.05, 0) is 87.4 Å².